The second kappa shape index (κ2) is 8.13. The molecule has 1 fully saturated rings. The number of hydrogen-bond acceptors (Lipinski definition) is 5. The van der Waals surface area contributed by atoms with Crippen molar-refractivity contribution in [2.45, 2.75) is 46.1 Å². The molecule has 0 radical (unpaired) electrons. The molecule has 1 aromatic rings. The van der Waals surface area contributed by atoms with Gasteiger partial charge in [0.25, 0.3) is 5.69 Å². The summed E-state index contributed by atoms with van der Waals surface area (Å²) in [6, 6.07) is 5.65. The minimum absolute atomic E-state index is 0.0131. The predicted molar refractivity (Wildman–Crippen MR) is 89.8 cm³/mol. The molecule has 0 N–H and O–H groups in total. The van der Waals surface area contributed by atoms with Crippen molar-refractivity contribution in [1.29, 1.82) is 0 Å². The molecule has 0 aromatic heterocycles. The van der Waals surface area contributed by atoms with Crippen molar-refractivity contribution in [2.24, 2.45) is 17.8 Å². The molecule has 1 aromatic carbocycles. The first kappa shape index (κ1) is 18.2. The van der Waals surface area contributed by atoms with Crippen LogP contribution in [-0.2, 0) is 9.53 Å². The SMILES string of the molecule is CC(C)[C@@H]1CC[C@H](C)C[C@H]1OC(=O)COc1ccc([N+](=O)[O-])cc1. The average molecular weight is 335 g/mol. The van der Waals surface area contributed by atoms with Gasteiger partial charge in [0.2, 0.25) is 0 Å². The number of hydrogen-bond donors (Lipinski definition) is 0. The maximum absolute atomic E-state index is 12.1. The maximum Gasteiger partial charge on any atom is 0.344 e. The first-order valence-corrected chi connectivity index (χ1v) is 8.43. The monoisotopic (exact) mass is 335 g/mol. The van der Waals surface area contributed by atoms with E-state index in [0.717, 1.165) is 12.8 Å². The van der Waals surface area contributed by atoms with Crippen molar-refractivity contribution in [3.05, 3.63) is 34.4 Å². The first-order chi connectivity index (χ1) is 11.4. The van der Waals surface area contributed by atoms with Gasteiger partial charge in [0.15, 0.2) is 6.61 Å². The van der Waals surface area contributed by atoms with E-state index in [1.165, 1.54) is 30.7 Å². The van der Waals surface area contributed by atoms with Crippen molar-refractivity contribution < 1.29 is 19.2 Å². The van der Waals surface area contributed by atoms with E-state index in [1.807, 2.05) is 0 Å². The molecule has 3 atom stereocenters. The number of nitro benzene ring substituents is 1. The molecule has 1 saturated carbocycles. The molecule has 0 amide bonds. The summed E-state index contributed by atoms with van der Waals surface area (Å²) in [5, 5.41) is 10.6. The highest BCUT2D eigenvalue weighted by molar-refractivity contribution is 5.71. The molecule has 0 spiro atoms. The van der Waals surface area contributed by atoms with Gasteiger partial charge in [0.05, 0.1) is 4.92 Å². The lowest BCUT2D eigenvalue weighted by molar-refractivity contribution is -0.384. The summed E-state index contributed by atoms with van der Waals surface area (Å²) in [6.07, 6.45) is 3.10. The summed E-state index contributed by atoms with van der Waals surface area (Å²) >= 11 is 0. The zero-order chi connectivity index (χ0) is 17.7. The fourth-order valence-electron chi connectivity index (χ4n) is 3.26. The van der Waals surface area contributed by atoms with Crippen LogP contribution in [0.25, 0.3) is 0 Å². The lowest BCUT2D eigenvalue weighted by Crippen LogP contribution is -2.36. The van der Waals surface area contributed by atoms with Crippen LogP contribution < -0.4 is 4.74 Å². The smallest absolute Gasteiger partial charge is 0.344 e. The maximum atomic E-state index is 12.1. The molecule has 132 valence electrons. The molecule has 6 heteroatoms. The van der Waals surface area contributed by atoms with Crippen LogP contribution >= 0.6 is 0 Å². The van der Waals surface area contributed by atoms with Crippen LogP contribution in [0, 0.1) is 27.9 Å². The van der Waals surface area contributed by atoms with Crippen LogP contribution in [-0.4, -0.2) is 23.6 Å². The Morgan fingerprint density at radius 3 is 2.54 bits per heavy atom. The zero-order valence-electron chi connectivity index (χ0n) is 14.4. The summed E-state index contributed by atoms with van der Waals surface area (Å²) in [5.74, 6) is 1.46. The number of nitro groups is 1. The van der Waals surface area contributed by atoms with Gasteiger partial charge in [-0.1, -0.05) is 27.2 Å². The summed E-state index contributed by atoms with van der Waals surface area (Å²) in [7, 11) is 0. The number of nitrogens with zero attached hydrogens (tertiary/aromatic N) is 1. The second-order valence-corrected chi connectivity index (χ2v) is 6.89. The zero-order valence-corrected chi connectivity index (χ0v) is 14.4. The Morgan fingerprint density at radius 2 is 1.96 bits per heavy atom. The summed E-state index contributed by atoms with van der Waals surface area (Å²) in [6.45, 7) is 6.32. The van der Waals surface area contributed by atoms with Gasteiger partial charge in [0.1, 0.15) is 11.9 Å². The van der Waals surface area contributed by atoms with Crippen molar-refractivity contribution in [2.75, 3.05) is 6.61 Å². The van der Waals surface area contributed by atoms with Gasteiger partial charge < -0.3 is 9.47 Å². The Labute approximate surface area is 142 Å². The van der Waals surface area contributed by atoms with Crippen LogP contribution in [0.15, 0.2) is 24.3 Å². The summed E-state index contributed by atoms with van der Waals surface area (Å²) in [4.78, 5) is 22.2. The number of esters is 1. The van der Waals surface area contributed by atoms with Gasteiger partial charge in [-0.25, -0.2) is 4.79 Å². The van der Waals surface area contributed by atoms with Crippen molar-refractivity contribution in [3.8, 4) is 5.75 Å². The summed E-state index contributed by atoms with van der Waals surface area (Å²) in [5.41, 5.74) is -0.0131. The van der Waals surface area contributed by atoms with Gasteiger partial charge in [-0.2, -0.15) is 0 Å². The molecule has 24 heavy (non-hydrogen) atoms. The quantitative estimate of drug-likeness (QED) is 0.446. The molecule has 6 nitrogen and oxygen atoms in total. The Kier molecular flexibility index (Phi) is 6.17. The van der Waals surface area contributed by atoms with E-state index in [9.17, 15) is 14.9 Å². The average Bonchev–Trinajstić information content (AvgIpc) is 2.53. The van der Waals surface area contributed by atoms with Gasteiger partial charge in [-0.05, 0) is 42.7 Å². The standard InChI is InChI=1S/C18H25NO5/c1-12(2)16-9-4-13(3)10-17(16)24-18(20)11-23-15-7-5-14(6-8-15)19(21)22/h5-8,12-13,16-17H,4,9-11H2,1-3H3/t13-,16-,17+/m0/s1. The lowest BCUT2D eigenvalue weighted by atomic mass is 9.75. The van der Waals surface area contributed by atoms with Gasteiger partial charge in [0, 0.05) is 12.1 Å². The number of carbonyl (C=O) groups excluding carboxylic acids is 1. The highest BCUT2D eigenvalue weighted by atomic mass is 16.6. The molecule has 0 saturated heterocycles. The van der Waals surface area contributed by atoms with E-state index in [-0.39, 0.29) is 18.4 Å². The number of benzene rings is 1. The van der Waals surface area contributed by atoms with Crippen LogP contribution in [0.4, 0.5) is 5.69 Å². The Bertz CT molecular complexity index is 569. The fourth-order valence-corrected chi connectivity index (χ4v) is 3.26. The molecule has 2 rings (SSSR count). The minimum Gasteiger partial charge on any atom is -0.482 e. The summed E-state index contributed by atoms with van der Waals surface area (Å²) < 4.78 is 11.0. The van der Waals surface area contributed by atoms with E-state index in [0.29, 0.717) is 23.5 Å². The largest absolute Gasteiger partial charge is 0.482 e. The van der Waals surface area contributed by atoms with Crippen molar-refractivity contribution in [1.82, 2.24) is 0 Å². The molecular formula is C18H25NO5. The van der Waals surface area contributed by atoms with Crippen LogP contribution in [0.1, 0.15) is 40.0 Å². The first-order valence-electron chi connectivity index (χ1n) is 8.43. The van der Waals surface area contributed by atoms with Crippen LogP contribution in [0.3, 0.4) is 0 Å². The molecule has 0 bridgehead atoms. The number of carbonyl (C=O) groups is 1. The molecule has 1 aliphatic rings. The third-order valence-corrected chi connectivity index (χ3v) is 4.65. The highest BCUT2D eigenvalue weighted by Gasteiger charge is 2.33. The van der Waals surface area contributed by atoms with Crippen molar-refractivity contribution in [3.63, 3.8) is 0 Å². The van der Waals surface area contributed by atoms with E-state index in [1.54, 1.807) is 0 Å². The topological polar surface area (TPSA) is 78.7 Å². The molecular weight excluding hydrogens is 310 g/mol. The number of ether oxygens (including phenoxy) is 2. The third-order valence-electron chi connectivity index (χ3n) is 4.65. The van der Waals surface area contributed by atoms with Gasteiger partial charge in [-0.3, -0.25) is 10.1 Å². The van der Waals surface area contributed by atoms with Gasteiger partial charge >= 0.3 is 5.97 Å². The minimum atomic E-state index is -0.478. The number of non-ortho nitro benzene ring substituents is 1. The molecule has 1 aliphatic carbocycles. The Balaban J connectivity index is 1.86. The Morgan fingerprint density at radius 1 is 1.29 bits per heavy atom. The van der Waals surface area contributed by atoms with E-state index in [2.05, 4.69) is 20.8 Å². The Hall–Kier alpha value is -2.11. The second-order valence-electron chi connectivity index (χ2n) is 6.89. The van der Waals surface area contributed by atoms with Gasteiger partial charge in [-0.15, -0.1) is 0 Å². The van der Waals surface area contributed by atoms with E-state index < -0.39 is 10.9 Å². The van der Waals surface area contributed by atoms with E-state index >= 15 is 0 Å². The van der Waals surface area contributed by atoms with Crippen LogP contribution in [0.2, 0.25) is 0 Å². The molecule has 0 aliphatic heterocycles. The lowest BCUT2D eigenvalue weighted by Gasteiger charge is -2.36. The third kappa shape index (κ3) is 4.94. The van der Waals surface area contributed by atoms with E-state index in [4.69, 9.17) is 9.47 Å². The van der Waals surface area contributed by atoms with Crippen molar-refractivity contribution >= 4 is 11.7 Å². The molecule has 0 unspecified atom stereocenters. The van der Waals surface area contributed by atoms with Crippen LogP contribution in [0.5, 0.6) is 5.75 Å². The molecule has 0 heterocycles. The predicted octanol–water partition coefficient (Wildman–Crippen LogP) is 3.98. The fraction of sp³-hybridized carbons (Fsp3) is 0.611. The normalized spacial score (nSPS) is 23.8. The highest BCUT2D eigenvalue weighted by Crippen LogP contribution is 2.35. The number of rotatable bonds is 6.